The van der Waals surface area contributed by atoms with Gasteiger partial charge in [0.1, 0.15) is 18.0 Å². The maximum atomic E-state index is 13.2. The van der Waals surface area contributed by atoms with Crippen molar-refractivity contribution in [1.29, 1.82) is 0 Å². The molecule has 0 bridgehead atoms. The number of nitrogens with one attached hydrogen (secondary N) is 1. The van der Waals surface area contributed by atoms with E-state index in [0.717, 1.165) is 11.1 Å². The summed E-state index contributed by atoms with van der Waals surface area (Å²) in [4.78, 5) is 16.6. The third-order valence-corrected chi connectivity index (χ3v) is 3.93. The molecule has 7 heteroatoms. The fourth-order valence-electron chi connectivity index (χ4n) is 2.63. The van der Waals surface area contributed by atoms with Gasteiger partial charge in [-0.15, -0.1) is 10.2 Å². The van der Waals surface area contributed by atoms with E-state index < -0.39 is 0 Å². The molecule has 4 rings (SSSR count). The molecule has 0 aliphatic heterocycles. The SMILES string of the molecule is O=C(Nc1ccc(Cc2cccc(F)c2)cn1)c1ccn2cnnc2c1. The van der Waals surface area contributed by atoms with Crippen molar-refractivity contribution in [3.05, 3.63) is 89.8 Å². The van der Waals surface area contributed by atoms with Crippen LogP contribution in [0.25, 0.3) is 5.65 Å². The van der Waals surface area contributed by atoms with Crippen molar-refractivity contribution in [3.63, 3.8) is 0 Å². The average molecular weight is 347 g/mol. The van der Waals surface area contributed by atoms with Gasteiger partial charge in [-0.3, -0.25) is 9.20 Å². The molecule has 0 aliphatic rings. The van der Waals surface area contributed by atoms with Crippen LogP contribution >= 0.6 is 0 Å². The van der Waals surface area contributed by atoms with Crippen molar-refractivity contribution < 1.29 is 9.18 Å². The largest absolute Gasteiger partial charge is 0.307 e. The zero-order valence-corrected chi connectivity index (χ0v) is 13.6. The normalized spacial score (nSPS) is 10.8. The fourth-order valence-corrected chi connectivity index (χ4v) is 2.63. The Morgan fingerprint density at radius 2 is 2.04 bits per heavy atom. The number of carbonyl (C=O) groups excluding carboxylic acids is 1. The number of benzene rings is 1. The number of hydrogen-bond donors (Lipinski definition) is 1. The van der Waals surface area contributed by atoms with Crippen LogP contribution in [0.1, 0.15) is 21.5 Å². The van der Waals surface area contributed by atoms with Crippen LogP contribution in [0.3, 0.4) is 0 Å². The molecule has 1 aromatic carbocycles. The van der Waals surface area contributed by atoms with Crippen molar-refractivity contribution in [1.82, 2.24) is 19.6 Å². The molecular formula is C19H14FN5O. The lowest BCUT2D eigenvalue weighted by atomic mass is 10.1. The molecule has 1 amide bonds. The minimum Gasteiger partial charge on any atom is -0.307 e. The standard InChI is InChI=1S/C19H14FN5O/c20-16-3-1-2-13(9-16)8-14-4-5-17(21-11-14)23-19(26)15-6-7-25-12-22-24-18(25)10-15/h1-7,9-12H,8H2,(H,21,23,26). The van der Waals surface area contributed by atoms with Gasteiger partial charge in [0.25, 0.3) is 5.91 Å². The molecule has 0 aliphatic carbocycles. The monoisotopic (exact) mass is 347 g/mol. The van der Waals surface area contributed by atoms with E-state index in [9.17, 15) is 9.18 Å². The van der Waals surface area contributed by atoms with Crippen molar-refractivity contribution in [3.8, 4) is 0 Å². The predicted molar refractivity (Wildman–Crippen MR) is 94.4 cm³/mol. The van der Waals surface area contributed by atoms with Crippen LogP contribution in [-0.2, 0) is 6.42 Å². The lowest BCUT2D eigenvalue weighted by Gasteiger charge is -2.06. The second-order valence-corrected chi connectivity index (χ2v) is 5.82. The third-order valence-electron chi connectivity index (χ3n) is 3.93. The first-order valence-electron chi connectivity index (χ1n) is 7.97. The van der Waals surface area contributed by atoms with Gasteiger partial charge in [0, 0.05) is 18.0 Å². The van der Waals surface area contributed by atoms with E-state index in [4.69, 9.17) is 0 Å². The van der Waals surface area contributed by atoms with Gasteiger partial charge in [-0.05, 0) is 47.9 Å². The van der Waals surface area contributed by atoms with Crippen LogP contribution in [0, 0.1) is 5.82 Å². The Kier molecular flexibility index (Phi) is 4.10. The van der Waals surface area contributed by atoms with E-state index in [2.05, 4.69) is 20.5 Å². The summed E-state index contributed by atoms with van der Waals surface area (Å²) in [6.07, 6.45) is 5.53. The zero-order chi connectivity index (χ0) is 17.9. The van der Waals surface area contributed by atoms with Gasteiger partial charge in [-0.1, -0.05) is 18.2 Å². The van der Waals surface area contributed by atoms with E-state index in [1.165, 1.54) is 12.1 Å². The molecule has 6 nitrogen and oxygen atoms in total. The maximum Gasteiger partial charge on any atom is 0.257 e. The highest BCUT2D eigenvalue weighted by molar-refractivity contribution is 6.04. The van der Waals surface area contributed by atoms with Gasteiger partial charge >= 0.3 is 0 Å². The summed E-state index contributed by atoms with van der Waals surface area (Å²) in [5.41, 5.74) is 2.86. The maximum absolute atomic E-state index is 13.2. The van der Waals surface area contributed by atoms with Crippen LogP contribution in [0.4, 0.5) is 10.2 Å². The molecule has 26 heavy (non-hydrogen) atoms. The average Bonchev–Trinajstić information content (AvgIpc) is 3.11. The number of pyridine rings is 2. The zero-order valence-electron chi connectivity index (χ0n) is 13.6. The van der Waals surface area contributed by atoms with E-state index in [1.54, 1.807) is 47.4 Å². The number of anilines is 1. The number of amides is 1. The van der Waals surface area contributed by atoms with Gasteiger partial charge in [-0.25, -0.2) is 9.37 Å². The molecule has 128 valence electrons. The van der Waals surface area contributed by atoms with E-state index in [0.29, 0.717) is 23.4 Å². The quantitative estimate of drug-likeness (QED) is 0.616. The van der Waals surface area contributed by atoms with E-state index in [1.807, 2.05) is 12.1 Å². The van der Waals surface area contributed by atoms with Crippen molar-refractivity contribution in [2.45, 2.75) is 6.42 Å². The lowest BCUT2D eigenvalue weighted by molar-refractivity contribution is 0.102. The first-order chi connectivity index (χ1) is 12.7. The summed E-state index contributed by atoms with van der Waals surface area (Å²) in [5, 5.41) is 10.4. The van der Waals surface area contributed by atoms with Crippen LogP contribution in [0.5, 0.6) is 0 Å². The molecule has 1 N–H and O–H groups in total. The topological polar surface area (TPSA) is 72.2 Å². The van der Waals surface area contributed by atoms with Crippen LogP contribution in [0.15, 0.2) is 67.3 Å². The fraction of sp³-hybridized carbons (Fsp3) is 0.0526. The molecule has 4 aromatic rings. The Labute approximate surface area is 148 Å². The summed E-state index contributed by atoms with van der Waals surface area (Å²) >= 11 is 0. The summed E-state index contributed by atoms with van der Waals surface area (Å²) < 4.78 is 15.0. The Bertz CT molecular complexity index is 1070. The predicted octanol–water partition coefficient (Wildman–Crippen LogP) is 3.11. The summed E-state index contributed by atoms with van der Waals surface area (Å²) in [6, 6.07) is 13.4. The molecular weight excluding hydrogens is 333 g/mol. The smallest absolute Gasteiger partial charge is 0.257 e. The van der Waals surface area contributed by atoms with Crippen LogP contribution in [-0.4, -0.2) is 25.5 Å². The molecule has 0 saturated carbocycles. The molecule has 0 spiro atoms. The minimum atomic E-state index is -0.277. The van der Waals surface area contributed by atoms with Gasteiger partial charge in [-0.2, -0.15) is 0 Å². The lowest BCUT2D eigenvalue weighted by Crippen LogP contribution is -2.13. The molecule has 3 heterocycles. The van der Waals surface area contributed by atoms with Crippen molar-refractivity contribution >= 4 is 17.4 Å². The molecule has 0 radical (unpaired) electrons. The van der Waals surface area contributed by atoms with Gasteiger partial charge < -0.3 is 5.32 Å². The third kappa shape index (κ3) is 3.41. The second kappa shape index (κ2) is 6.72. The molecule has 0 fully saturated rings. The molecule has 0 unspecified atom stereocenters. The highest BCUT2D eigenvalue weighted by Gasteiger charge is 2.09. The van der Waals surface area contributed by atoms with Crippen molar-refractivity contribution in [2.24, 2.45) is 0 Å². The number of carbonyl (C=O) groups is 1. The number of fused-ring (bicyclic) bond motifs is 1. The second-order valence-electron chi connectivity index (χ2n) is 5.82. The Hall–Kier alpha value is -3.61. The first-order valence-corrected chi connectivity index (χ1v) is 7.97. The highest BCUT2D eigenvalue weighted by atomic mass is 19.1. The van der Waals surface area contributed by atoms with Gasteiger partial charge in [0.15, 0.2) is 5.65 Å². The van der Waals surface area contributed by atoms with Gasteiger partial charge in [0.05, 0.1) is 0 Å². The Morgan fingerprint density at radius 3 is 2.85 bits per heavy atom. The number of nitrogens with zero attached hydrogens (tertiary/aromatic N) is 4. The number of hydrogen-bond acceptors (Lipinski definition) is 4. The van der Waals surface area contributed by atoms with Crippen molar-refractivity contribution in [2.75, 3.05) is 5.32 Å². The first kappa shape index (κ1) is 15.9. The van der Waals surface area contributed by atoms with Gasteiger partial charge in [0.2, 0.25) is 0 Å². The van der Waals surface area contributed by atoms with Crippen LogP contribution in [0.2, 0.25) is 0 Å². The highest BCUT2D eigenvalue weighted by Crippen LogP contribution is 2.13. The Balaban J connectivity index is 1.45. The van der Waals surface area contributed by atoms with Crippen LogP contribution < -0.4 is 5.32 Å². The van der Waals surface area contributed by atoms with E-state index >= 15 is 0 Å². The Morgan fingerprint density at radius 1 is 1.12 bits per heavy atom. The molecule has 0 saturated heterocycles. The molecule has 0 atom stereocenters. The minimum absolute atomic E-state index is 0.260. The number of halogens is 1. The summed E-state index contributed by atoms with van der Waals surface area (Å²) in [6.45, 7) is 0. The molecule has 3 aromatic heterocycles. The summed E-state index contributed by atoms with van der Waals surface area (Å²) in [5.74, 6) is -0.0933. The summed E-state index contributed by atoms with van der Waals surface area (Å²) in [7, 11) is 0. The number of rotatable bonds is 4. The number of aromatic nitrogens is 4. The van der Waals surface area contributed by atoms with E-state index in [-0.39, 0.29) is 11.7 Å².